The molecule has 27 nitrogen and oxygen atoms in total. The molecule has 11 rings (SSSR count). The van der Waals surface area contributed by atoms with Crippen LogP contribution in [-0.2, 0) is 98.1 Å². The average Bonchev–Trinajstić information content (AvgIpc) is 1.62. The molecule has 0 aliphatic carbocycles. The van der Waals surface area contributed by atoms with Gasteiger partial charge in [0.2, 0.25) is 23.5 Å². The van der Waals surface area contributed by atoms with Gasteiger partial charge < -0.3 is 44.8 Å². The minimum absolute atomic E-state index is 0.000783. The summed E-state index contributed by atoms with van der Waals surface area (Å²) in [5.74, 6) is -19.9. The quantitative estimate of drug-likeness (QED) is 0.0116. The number of hydrogen-bond donors (Lipinski definition) is 4. The lowest BCUT2D eigenvalue weighted by Gasteiger charge is -2.29. The zero-order valence-electron chi connectivity index (χ0n) is 61.2. The zero-order chi connectivity index (χ0) is 87.6. The van der Waals surface area contributed by atoms with Crippen LogP contribution in [0.5, 0.6) is 0 Å². The summed E-state index contributed by atoms with van der Waals surface area (Å²) in [6.45, 7) is 11.0. The maximum atomic E-state index is 13.8. The van der Waals surface area contributed by atoms with E-state index in [4.69, 9.17) is 27.4 Å². The van der Waals surface area contributed by atoms with Gasteiger partial charge in [0, 0.05) is 116 Å². The van der Waals surface area contributed by atoms with Crippen molar-refractivity contribution in [3.63, 3.8) is 0 Å². The molecule has 0 unspecified atom stereocenters. The van der Waals surface area contributed by atoms with Gasteiger partial charge in [0.1, 0.15) is 40.7 Å². The number of fused-ring (bicyclic) bond motifs is 3. The Hall–Kier alpha value is -12.3. The Kier molecular flexibility index (Phi) is 35.0. The number of carbonyl (C=O) groups excluding carboxylic acids is 2. The predicted molar refractivity (Wildman–Crippen MR) is 371 cm³/mol. The number of aliphatic carboxylic acids is 1. The fraction of sp³-hybridized carbons (Fsp3) is 0.386. The fourth-order valence-corrected chi connectivity index (χ4v) is 11.4. The molecule has 0 bridgehead atoms. The molecule has 3 aliphatic rings. The van der Waals surface area contributed by atoms with Crippen LogP contribution in [0.15, 0.2) is 101 Å². The number of nitrogens with two attached hydrogens (primary N) is 1. The Balaban J connectivity index is 0.000000227. The van der Waals surface area contributed by atoms with E-state index < -0.39 is 172 Å². The number of halogens is 21. The second kappa shape index (κ2) is 43.6. The van der Waals surface area contributed by atoms with Crippen molar-refractivity contribution in [2.45, 2.75) is 153 Å². The highest BCUT2D eigenvalue weighted by Crippen LogP contribution is 2.32. The summed E-state index contributed by atoms with van der Waals surface area (Å²) in [6.07, 6.45) is -8.72. The number of aromatic nitrogens is 9. The molecule has 3 aromatic heterocycles. The van der Waals surface area contributed by atoms with Crippen molar-refractivity contribution in [3.8, 4) is 0 Å². The Morgan fingerprint density at radius 1 is 0.466 bits per heavy atom. The van der Waals surface area contributed by atoms with Crippen LogP contribution in [0.25, 0.3) is 31.3 Å². The SMILES string of the molecule is C=CC[C@@H](Cc1cc(F)c(F)cc1F)N=[N+]=[N-].C=CC[C@@H](O)Cc1cc(F)c(F)cc1F.Cc1nnc2n1CCNC2.N[C@@H](CC(=O)N1CCn2c(nnc2C(F)(F)F)C1)Cc1cc(F)c(F)cc1F.[N-]=[N+]=N[C@@H](CC(=O)N1CCn2c(nnc2C(F)(F)F)C1)Cc1cc(F)c(F)cc1F.[N-]=[N+]=N[C@@H](CC(=O)O)Cc1cc(F)c(F)cc1F. The molecule has 0 fully saturated rings. The summed E-state index contributed by atoms with van der Waals surface area (Å²) in [4.78, 5) is 45.4. The molecule has 118 heavy (non-hydrogen) atoms. The van der Waals surface area contributed by atoms with Gasteiger partial charge in [-0.25, -0.2) is 65.9 Å². The molecule has 3 aliphatic heterocycles. The van der Waals surface area contributed by atoms with Gasteiger partial charge >= 0.3 is 18.3 Å². The minimum Gasteiger partial charge on any atom is -0.481 e. The van der Waals surface area contributed by atoms with Gasteiger partial charge in [-0.3, -0.25) is 14.4 Å². The summed E-state index contributed by atoms with van der Waals surface area (Å²) < 4.78 is 277. The topological polar surface area (TPSA) is 375 Å². The highest BCUT2D eigenvalue weighted by atomic mass is 19.4. The predicted octanol–water partition coefficient (Wildman–Crippen LogP) is 14.4. The van der Waals surface area contributed by atoms with Gasteiger partial charge in [0.05, 0.1) is 44.2 Å². The van der Waals surface area contributed by atoms with E-state index in [0.29, 0.717) is 55.0 Å². The van der Waals surface area contributed by atoms with Crippen molar-refractivity contribution in [1.29, 1.82) is 0 Å². The molecule has 5 N–H and O–H groups in total. The Labute approximate surface area is 653 Å². The lowest BCUT2D eigenvalue weighted by atomic mass is 10.0. The highest BCUT2D eigenvalue weighted by Gasteiger charge is 2.42. The van der Waals surface area contributed by atoms with Crippen molar-refractivity contribution >= 4 is 17.8 Å². The van der Waals surface area contributed by atoms with Gasteiger partial charge in [-0.15, -0.1) is 43.7 Å². The number of aryl methyl sites for hydroxylation is 1. The summed E-state index contributed by atoms with van der Waals surface area (Å²) in [5, 5.41) is 52.2. The monoisotopic (exact) mass is 1690 g/mol. The molecular formula is C70H67F21N22O5. The molecule has 634 valence electrons. The van der Waals surface area contributed by atoms with E-state index in [1.54, 1.807) is 0 Å². The summed E-state index contributed by atoms with van der Waals surface area (Å²) in [6, 6.07) is 1.86. The first-order chi connectivity index (χ1) is 55.6. The van der Waals surface area contributed by atoms with Crippen molar-refractivity contribution in [3.05, 3.63) is 267 Å². The number of rotatable bonds is 23. The fourth-order valence-electron chi connectivity index (χ4n) is 11.4. The number of carboxylic acid groups (broad SMARTS) is 1. The van der Waals surface area contributed by atoms with Gasteiger partial charge in [-0.2, -0.15) is 26.3 Å². The maximum absolute atomic E-state index is 13.8. The second-order valence-electron chi connectivity index (χ2n) is 25.7. The average molecular weight is 1700 g/mol. The third-order valence-electron chi connectivity index (χ3n) is 17.1. The van der Waals surface area contributed by atoms with Crippen molar-refractivity contribution in [2.24, 2.45) is 21.1 Å². The molecule has 0 spiro atoms. The Bertz CT molecular complexity index is 5030. The number of hydrogen-bond acceptors (Lipinski definition) is 15. The molecule has 0 saturated heterocycles. The number of alkyl halides is 6. The van der Waals surface area contributed by atoms with E-state index in [-0.39, 0.29) is 124 Å². The van der Waals surface area contributed by atoms with Crippen LogP contribution >= 0.6 is 0 Å². The third kappa shape index (κ3) is 27.7. The van der Waals surface area contributed by atoms with E-state index >= 15 is 0 Å². The number of amides is 2. The molecule has 5 atom stereocenters. The highest BCUT2D eigenvalue weighted by molar-refractivity contribution is 5.77. The van der Waals surface area contributed by atoms with E-state index in [2.05, 4.69) is 83.7 Å². The molecule has 2 amide bonds. The van der Waals surface area contributed by atoms with Gasteiger partial charge in [0.25, 0.3) is 0 Å². The number of aliphatic hydroxyl groups excluding tert-OH is 1. The summed E-state index contributed by atoms with van der Waals surface area (Å²) in [7, 11) is 0. The standard InChI is InChI=1S/C16H13F6N7O.C16H15F6N5O.C11H10F3N3.C11H11F3O.C10H8F3N3O2.C6H10N4/c17-10-6-12(19)11(18)4-8(10)3-9(24-27-23)5-14(30)28-1-2-29-13(7-28)25-26-15(29)16(20,21)22;17-10-6-12(19)11(18)4-8(10)3-9(23)5-14(28)26-1-2-27-13(7-26)24-25-15(27)16(20,21)22;1-2-3-8(16-17-15)4-7-5-10(13)11(14)6-9(7)12;1-2-3-8(15)4-7-5-10(13)11(14)6-9(7)12;11-7-4-9(13)8(12)2-5(7)1-6(15-16-14)3-10(17)18;1-5-8-9-6-4-7-2-3-10(5)6/h4,6,9H,1-3,5,7H2;4,6,9H,1-3,5,7,23H2;2,5-6,8H,1,3-4H2;2,5-6,8,15H,1,3-4H2;2,4,6H,1,3H2,(H,17,18);7H,2-4H2,1H3/t2*9-;2*8-;6-;/m11011./s1. The maximum Gasteiger partial charge on any atom is 0.451 e. The molecule has 0 radical (unpaired) electrons. The van der Waals surface area contributed by atoms with Crippen molar-refractivity contribution < 1.29 is 117 Å². The third-order valence-corrected chi connectivity index (χ3v) is 17.1. The first kappa shape index (κ1) is 94.6. The van der Waals surface area contributed by atoms with E-state index in [9.17, 15) is 112 Å². The lowest BCUT2D eigenvalue weighted by Crippen LogP contribution is -2.42. The van der Waals surface area contributed by atoms with Crippen LogP contribution in [-0.4, -0.2) is 132 Å². The Morgan fingerprint density at radius 3 is 1.17 bits per heavy atom. The van der Waals surface area contributed by atoms with Crippen molar-refractivity contribution in [2.75, 3.05) is 19.6 Å². The van der Waals surface area contributed by atoms with Gasteiger partial charge in [-0.1, -0.05) is 27.5 Å². The summed E-state index contributed by atoms with van der Waals surface area (Å²) >= 11 is 0. The molecule has 5 aromatic carbocycles. The van der Waals surface area contributed by atoms with Gasteiger partial charge in [-0.05, 0) is 120 Å². The molecule has 0 saturated carbocycles. The number of azide groups is 3. The van der Waals surface area contributed by atoms with Crippen molar-refractivity contribution in [1.82, 2.24) is 59.4 Å². The van der Waals surface area contributed by atoms with Crippen LogP contribution in [0, 0.1) is 94.2 Å². The second-order valence-corrected chi connectivity index (χ2v) is 25.7. The lowest BCUT2D eigenvalue weighted by molar-refractivity contribution is -0.149. The van der Waals surface area contributed by atoms with Crippen LogP contribution < -0.4 is 11.1 Å². The number of carboxylic acids is 1. The number of benzene rings is 5. The first-order valence-corrected chi connectivity index (χ1v) is 34.4. The minimum atomic E-state index is -4.68. The van der Waals surface area contributed by atoms with Crippen LogP contribution in [0.3, 0.4) is 0 Å². The first-order valence-electron chi connectivity index (χ1n) is 34.4. The van der Waals surface area contributed by atoms with Crippen LogP contribution in [0.4, 0.5) is 92.2 Å². The molecule has 6 heterocycles. The van der Waals surface area contributed by atoms with E-state index in [0.717, 1.165) is 52.6 Å². The number of aliphatic hydroxyl groups is 1. The van der Waals surface area contributed by atoms with Crippen LogP contribution in [0.2, 0.25) is 0 Å². The smallest absolute Gasteiger partial charge is 0.451 e. The molecular weight excluding hydrogens is 1630 g/mol. The normalized spacial score (nSPS) is 13.9. The molecule has 48 heteroatoms. The number of carbonyl (C=O) groups is 3. The molecule has 8 aromatic rings. The number of nitrogens with zero attached hydrogens (tertiary/aromatic N) is 20. The van der Waals surface area contributed by atoms with Gasteiger partial charge in [0.15, 0.2) is 69.8 Å². The summed E-state index contributed by atoms with van der Waals surface area (Å²) in [5.41, 5.74) is 30.3. The largest absolute Gasteiger partial charge is 0.481 e. The number of nitrogens with one attached hydrogen (secondary N) is 1. The Morgan fingerprint density at radius 2 is 0.805 bits per heavy atom. The van der Waals surface area contributed by atoms with Crippen LogP contribution in [0.1, 0.15) is 94.9 Å². The van der Waals surface area contributed by atoms with E-state index in [1.807, 2.05) is 6.92 Å². The van der Waals surface area contributed by atoms with E-state index in [1.165, 1.54) is 22.0 Å². The zero-order valence-corrected chi connectivity index (χ0v) is 61.2.